The van der Waals surface area contributed by atoms with Gasteiger partial charge in [-0.3, -0.25) is 4.79 Å². The van der Waals surface area contributed by atoms with Gasteiger partial charge in [-0.15, -0.1) is 0 Å². The Morgan fingerprint density at radius 1 is 1.32 bits per heavy atom. The number of carbonyl (C=O) groups is 1. The summed E-state index contributed by atoms with van der Waals surface area (Å²) in [5.74, 6) is 2.47. The zero-order valence-electron chi connectivity index (χ0n) is 13.5. The van der Waals surface area contributed by atoms with Gasteiger partial charge < -0.3 is 19.7 Å². The molecular formula is C17H26N2O3. The summed E-state index contributed by atoms with van der Waals surface area (Å²) in [6.45, 7) is 3.33. The molecule has 0 bridgehead atoms. The van der Waals surface area contributed by atoms with Crippen LogP contribution in [0.5, 0.6) is 11.5 Å². The number of nitrogens with one attached hydrogen (secondary N) is 1. The quantitative estimate of drug-likeness (QED) is 0.746. The van der Waals surface area contributed by atoms with Crippen LogP contribution in [0.3, 0.4) is 0 Å². The van der Waals surface area contributed by atoms with E-state index >= 15 is 0 Å². The number of nitrogens with zero attached hydrogens (tertiary/aromatic N) is 1. The Morgan fingerprint density at radius 2 is 2.05 bits per heavy atom. The smallest absolute Gasteiger partial charge is 0.222 e. The first-order valence-electron chi connectivity index (χ1n) is 7.92. The summed E-state index contributed by atoms with van der Waals surface area (Å²) in [5.41, 5.74) is 0. The molecule has 1 aliphatic rings. The van der Waals surface area contributed by atoms with E-state index in [2.05, 4.69) is 5.32 Å². The highest BCUT2D eigenvalue weighted by Crippen LogP contribution is 2.18. The predicted molar refractivity (Wildman–Crippen MR) is 86.3 cm³/mol. The summed E-state index contributed by atoms with van der Waals surface area (Å²) < 4.78 is 10.7. The predicted octanol–water partition coefficient (Wildman–Crippen LogP) is 1.92. The van der Waals surface area contributed by atoms with E-state index in [1.807, 2.05) is 36.2 Å². The van der Waals surface area contributed by atoms with Gasteiger partial charge in [-0.2, -0.15) is 0 Å². The first-order chi connectivity index (χ1) is 10.7. The fraction of sp³-hybridized carbons (Fsp3) is 0.588. The van der Waals surface area contributed by atoms with Crippen LogP contribution in [-0.2, 0) is 4.79 Å². The Balaban J connectivity index is 1.62. The fourth-order valence-corrected chi connectivity index (χ4v) is 2.76. The van der Waals surface area contributed by atoms with E-state index in [1.165, 1.54) is 0 Å². The molecule has 5 heteroatoms. The largest absolute Gasteiger partial charge is 0.497 e. The third-order valence-corrected chi connectivity index (χ3v) is 3.99. The van der Waals surface area contributed by atoms with E-state index < -0.39 is 0 Å². The lowest BCUT2D eigenvalue weighted by Gasteiger charge is -2.16. The van der Waals surface area contributed by atoms with Gasteiger partial charge in [-0.1, -0.05) is 0 Å². The van der Waals surface area contributed by atoms with E-state index in [-0.39, 0.29) is 5.91 Å². The molecule has 1 aromatic carbocycles. The van der Waals surface area contributed by atoms with Crippen molar-refractivity contribution in [1.82, 2.24) is 10.2 Å². The maximum Gasteiger partial charge on any atom is 0.222 e. The Morgan fingerprint density at radius 3 is 2.73 bits per heavy atom. The summed E-state index contributed by atoms with van der Waals surface area (Å²) in [6.07, 6.45) is 2.41. The van der Waals surface area contributed by atoms with Gasteiger partial charge in [0.1, 0.15) is 11.5 Å². The Labute approximate surface area is 132 Å². The number of methoxy groups -OCH3 is 1. The summed E-state index contributed by atoms with van der Waals surface area (Å²) in [6, 6.07) is 7.49. The lowest BCUT2D eigenvalue weighted by atomic mass is 10.1. The van der Waals surface area contributed by atoms with Crippen molar-refractivity contribution in [3.63, 3.8) is 0 Å². The maximum absolute atomic E-state index is 12.1. The van der Waals surface area contributed by atoms with E-state index in [4.69, 9.17) is 9.47 Å². The lowest BCUT2D eigenvalue weighted by molar-refractivity contribution is -0.130. The second kappa shape index (κ2) is 8.63. The number of rotatable bonds is 8. The van der Waals surface area contributed by atoms with Crippen LogP contribution < -0.4 is 14.8 Å². The normalized spacial score (nSPS) is 17.5. The SMILES string of the molecule is CNCC1CCN(C(=O)CCCOc2ccc(OC)cc2)C1. The van der Waals surface area contributed by atoms with Crippen LogP contribution >= 0.6 is 0 Å². The van der Waals surface area contributed by atoms with Gasteiger partial charge in [0.05, 0.1) is 13.7 Å². The average Bonchev–Trinajstić information content (AvgIpc) is 3.01. The Bertz CT molecular complexity index is 461. The molecule has 0 spiro atoms. The average molecular weight is 306 g/mol. The first kappa shape index (κ1) is 16.6. The topological polar surface area (TPSA) is 50.8 Å². The van der Waals surface area contributed by atoms with Crippen molar-refractivity contribution in [2.75, 3.05) is 40.4 Å². The molecule has 0 aliphatic carbocycles. The molecule has 0 aromatic heterocycles. The van der Waals surface area contributed by atoms with Gasteiger partial charge in [0, 0.05) is 19.5 Å². The number of amides is 1. The van der Waals surface area contributed by atoms with Gasteiger partial charge in [-0.05, 0) is 56.6 Å². The van der Waals surface area contributed by atoms with E-state index in [0.717, 1.165) is 44.0 Å². The molecule has 122 valence electrons. The second-order valence-corrected chi connectivity index (χ2v) is 5.68. The summed E-state index contributed by atoms with van der Waals surface area (Å²) in [7, 11) is 3.60. The Hall–Kier alpha value is -1.75. The number of ether oxygens (including phenoxy) is 2. The number of hydrogen-bond donors (Lipinski definition) is 1. The molecule has 1 aromatic rings. The molecule has 1 heterocycles. The van der Waals surface area contributed by atoms with Crippen LogP contribution in [0.2, 0.25) is 0 Å². The Kier molecular flexibility index (Phi) is 6.52. The number of carbonyl (C=O) groups excluding carboxylic acids is 1. The minimum absolute atomic E-state index is 0.247. The summed E-state index contributed by atoms with van der Waals surface area (Å²) >= 11 is 0. The fourth-order valence-electron chi connectivity index (χ4n) is 2.76. The molecule has 1 fully saturated rings. The standard InChI is InChI=1S/C17H26N2O3/c1-18-12-14-9-10-19(13-14)17(20)4-3-11-22-16-7-5-15(21-2)6-8-16/h5-8,14,18H,3-4,9-13H2,1-2H3. The van der Waals surface area contributed by atoms with Crippen LogP contribution in [0, 0.1) is 5.92 Å². The highest BCUT2D eigenvalue weighted by Gasteiger charge is 2.25. The van der Waals surface area contributed by atoms with Crippen LogP contribution in [0.25, 0.3) is 0 Å². The highest BCUT2D eigenvalue weighted by atomic mass is 16.5. The molecule has 1 atom stereocenters. The van der Waals surface area contributed by atoms with Crippen molar-refractivity contribution < 1.29 is 14.3 Å². The van der Waals surface area contributed by atoms with E-state index in [1.54, 1.807) is 7.11 Å². The van der Waals surface area contributed by atoms with Crippen molar-refractivity contribution in [2.45, 2.75) is 19.3 Å². The molecule has 1 amide bonds. The van der Waals surface area contributed by atoms with Crippen molar-refractivity contribution >= 4 is 5.91 Å². The minimum Gasteiger partial charge on any atom is -0.497 e. The molecule has 0 saturated carbocycles. The lowest BCUT2D eigenvalue weighted by Crippen LogP contribution is -2.30. The zero-order valence-corrected chi connectivity index (χ0v) is 13.5. The molecule has 1 aliphatic heterocycles. The van der Waals surface area contributed by atoms with Gasteiger partial charge >= 0.3 is 0 Å². The molecule has 0 radical (unpaired) electrons. The molecule has 5 nitrogen and oxygen atoms in total. The molecule has 1 saturated heterocycles. The second-order valence-electron chi connectivity index (χ2n) is 5.68. The van der Waals surface area contributed by atoms with Crippen LogP contribution in [0.15, 0.2) is 24.3 Å². The van der Waals surface area contributed by atoms with Gasteiger partial charge in [0.2, 0.25) is 5.91 Å². The monoisotopic (exact) mass is 306 g/mol. The van der Waals surface area contributed by atoms with Gasteiger partial charge in [0.15, 0.2) is 0 Å². The summed E-state index contributed by atoms with van der Waals surface area (Å²) in [4.78, 5) is 14.1. The highest BCUT2D eigenvalue weighted by molar-refractivity contribution is 5.76. The van der Waals surface area contributed by atoms with Crippen molar-refractivity contribution in [2.24, 2.45) is 5.92 Å². The van der Waals surface area contributed by atoms with Gasteiger partial charge in [0.25, 0.3) is 0 Å². The maximum atomic E-state index is 12.1. The third kappa shape index (κ3) is 4.91. The molecule has 22 heavy (non-hydrogen) atoms. The first-order valence-corrected chi connectivity index (χ1v) is 7.92. The van der Waals surface area contributed by atoms with Crippen LogP contribution in [0.1, 0.15) is 19.3 Å². The van der Waals surface area contributed by atoms with E-state index in [0.29, 0.717) is 18.9 Å². The minimum atomic E-state index is 0.247. The third-order valence-electron chi connectivity index (χ3n) is 3.99. The van der Waals surface area contributed by atoms with Crippen molar-refractivity contribution in [3.8, 4) is 11.5 Å². The van der Waals surface area contributed by atoms with E-state index in [9.17, 15) is 4.79 Å². The van der Waals surface area contributed by atoms with Crippen molar-refractivity contribution in [1.29, 1.82) is 0 Å². The van der Waals surface area contributed by atoms with Crippen LogP contribution in [-0.4, -0.2) is 51.2 Å². The molecule has 1 unspecified atom stereocenters. The number of benzene rings is 1. The zero-order chi connectivity index (χ0) is 15.8. The van der Waals surface area contributed by atoms with Crippen molar-refractivity contribution in [3.05, 3.63) is 24.3 Å². The summed E-state index contributed by atoms with van der Waals surface area (Å²) in [5, 5.41) is 3.18. The molecule has 2 rings (SSSR count). The molecular weight excluding hydrogens is 280 g/mol. The van der Waals surface area contributed by atoms with Gasteiger partial charge in [-0.25, -0.2) is 0 Å². The number of likely N-dealkylation sites (tertiary alicyclic amines) is 1. The number of hydrogen-bond acceptors (Lipinski definition) is 4. The molecule has 1 N–H and O–H groups in total. The van der Waals surface area contributed by atoms with Crippen LogP contribution in [0.4, 0.5) is 0 Å².